The smallest absolute Gasteiger partial charge is 0.150 e. The zero-order valence-electron chi connectivity index (χ0n) is 11.2. The average molecular weight is 282 g/mol. The number of hydrogen-bond acceptors (Lipinski definition) is 4. The minimum Gasteiger partial charge on any atom is -0.388 e. The summed E-state index contributed by atoms with van der Waals surface area (Å²) in [5, 5.41) is 19.0. The Morgan fingerprint density at radius 3 is 2.40 bits per heavy atom. The summed E-state index contributed by atoms with van der Waals surface area (Å²) >= 11 is 0. The number of nitriles is 1. The second-order valence-corrected chi connectivity index (χ2v) is 5.09. The number of hydrogen-bond donors (Lipinski definition) is 1. The van der Waals surface area contributed by atoms with Crippen LogP contribution in [0.15, 0.2) is 12.1 Å². The molecule has 1 N–H and O–H groups in total. The molecule has 0 bridgehead atoms. The number of halogens is 2. The van der Waals surface area contributed by atoms with Gasteiger partial charge in [-0.1, -0.05) is 0 Å². The van der Waals surface area contributed by atoms with Crippen LogP contribution in [0, 0.1) is 23.0 Å². The van der Waals surface area contributed by atoms with Crippen LogP contribution in [-0.2, 0) is 4.74 Å². The molecule has 0 aliphatic carbocycles. The molecule has 0 aromatic heterocycles. The predicted octanol–water partition coefficient (Wildman–Crippen LogP) is 1.81. The molecule has 6 heteroatoms. The van der Waals surface area contributed by atoms with Crippen molar-refractivity contribution in [2.75, 3.05) is 31.7 Å². The quantitative estimate of drug-likeness (QED) is 0.918. The van der Waals surface area contributed by atoms with Crippen molar-refractivity contribution in [1.82, 2.24) is 0 Å². The van der Waals surface area contributed by atoms with Gasteiger partial charge in [-0.05, 0) is 12.1 Å². The van der Waals surface area contributed by atoms with E-state index in [0.717, 1.165) is 12.1 Å². The van der Waals surface area contributed by atoms with Crippen LogP contribution in [0.25, 0.3) is 0 Å². The highest BCUT2D eigenvalue weighted by Gasteiger charge is 2.32. The lowest BCUT2D eigenvalue weighted by Crippen LogP contribution is -2.46. The molecular weight excluding hydrogens is 266 g/mol. The summed E-state index contributed by atoms with van der Waals surface area (Å²) < 4.78 is 32.9. The number of aliphatic hydroxyl groups is 1. The van der Waals surface area contributed by atoms with Crippen LogP contribution in [-0.4, -0.2) is 37.5 Å². The first-order chi connectivity index (χ1) is 9.45. The molecule has 1 saturated heterocycles. The highest BCUT2D eigenvalue weighted by Crippen LogP contribution is 2.28. The van der Waals surface area contributed by atoms with E-state index in [1.54, 1.807) is 6.07 Å². The molecule has 2 rings (SSSR count). The molecule has 1 aromatic carbocycles. The van der Waals surface area contributed by atoms with Gasteiger partial charge in [-0.25, -0.2) is 8.78 Å². The Hall–Kier alpha value is -1.71. The minimum atomic E-state index is -1.01. The lowest BCUT2D eigenvalue weighted by molar-refractivity contribution is -0.0573. The molecule has 0 atom stereocenters. The highest BCUT2D eigenvalue weighted by atomic mass is 19.1. The Morgan fingerprint density at radius 1 is 1.35 bits per heavy atom. The van der Waals surface area contributed by atoms with Crippen molar-refractivity contribution < 1.29 is 18.6 Å². The Kier molecular flexibility index (Phi) is 4.21. The minimum absolute atomic E-state index is 0.0677. The van der Waals surface area contributed by atoms with Crippen molar-refractivity contribution >= 4 is 5.69 Å². The van der Waals surface area contributed by atoms with Gasteiger partial charge in [-0.3, -0.25) is 0 Å². The van der Waals surface area contributed by atoms with Crippen LogP contribution in [0.4, 0.5) is 14.5 Å². The summed E-state index contributed by atoms with van der Waals surface area (Å²) in [4.78, 5) is 1.34. The van der Waals surface area contributed by atoms with Crippen LogP contribution in [0.2, 0.25) is 0 Å². The van der Waals surface area contributed by atoms with Crippen LogP contribution in [0.1, 0.15) is 18.4 Å². The number of likely N-dealkylation sites (N-methyl/N-ethyl adjacent to an activating group) is 1. The maximum atomic E-state index is 13.9. The van der Waals surface area contributed by atoms with Crippen molar-refractivity contribution in [3.05, 3.63) is 29.3 Å². The van der Waals surface area contributed by atoms with Crippen LogP contribution in [0.5, 0.6) is 0 Å². The monoisotopic (exact) mass is 282 g/mol. The molecule has 1 heterocycles. The van der Waals surface area contributed by atoms with Crippen molar-refractivity contribution in [2.24, 2.45) is 0 Å². The maximum Gasteiger partial charge on any atom is 0.150 e. The lowest BCUT2D eigenvalue weighted by atomic mass is 9.93. The van der Waals surface area contributed by atoms with Gasteiger partial charge in [0.15, 0.2) is 11.6 Å². The summed E-state index contributed by atoms with van der Waals surface area (Å²) in [6, 6.07) is 3.68. The third kappa shape index (κ3) is 3.06. The fourth-order valence-electron chi connectivity index (χ4n) is 2.42. The summed E-state index contributed by atoms with van der Waals surface area (Å²) in [6.45, 7) is 0.974. The van der Waals surface area contributed by atoms with Gasteiger partial charge in [0.1, 0.15) is 5.69 Å². The van der Waals surface area contributed by atoms with Gasteiger partial charge in [0.05, 0.1) is 17.2 Å². The third-order valence-corrected chi connectivity index (χ3v) is 3.48. The Bertz CT molecular complexity index is 513. The van der Waals surface area contributed by atoms with Gasteiger partial charge < -0.3 is 14.7 Å². The SMILES string of the molecule is CN(CC1(O)CCOCC1)c1c(F)cc(C#N)cc1F. The molecule has 0 unspecified atom stereocenters. The van der Waals surface area contributed by atoms with Crippen molar-refractivity contribution in [3.63, 3.8) is 0 Å². The van der Waals surface area contributed by atoms with E-state index in [4.69, 9.17) is 10.00 Å². The van der Waals surface area contributed by atoms with Crippen molar-refractivity contribution in [3.8, 4) is 6.07 Å². The normalized spacial score (nSPS) is 17.6. The van der Waals surface area contributed by atoms with Gasteiger partial charge in [0, 0.05) is 39.6 Å². The van der Waals surface area contributed by atoms with E-state index in [-0.39, 0.29) is 17.8 Å². The lowest BCUT2D eigenvalue weighted by Gasteiger charge is -2.36. The molecule has 0 saturated carbocycles. The number of ether oxygens (including phenoxy) is 1. The fraction of sp³-hybridized carbons (Fsp3) is 0.500. The zero-order valence-corrected chi connectivity index (χ0v) is 11.2. The number of benzene rings is 1. The van der Waals surface area contributed by atoms with E-state index in [1.807, 2.05) is 0 Å². The molecular formula is C14H16F2N2O2. The van der Waals surface area contributed by atoms with E-state index >= 15 is 0 Å². The molecule has 0 radical (unpaired) electrons. The summed E-state index contributed by atoms with van der Waals surface area (Å²) in [5.74, 6) is -1.61. The second kappa shape index (κ2) is 5.73. The molecule has 4 nitrogen and oxygen atoms in total. The predicted molar refractivity (Wildman–Crippen MR) is 69.3 cm³/mol. The van der Waals surface area contributed by atoms with Gasteiger partial charge in [0.2, 0.25) is 0 Å². The van der Waals surface area contributed by atoms with Gasteiger partial charge in [-0.2, -0.15) is 5.26 Å². The molecule has 1 aromatic rings. The summed E-state index contributed by atoms with van der Waals surface area (Å²) in [5.41, 5.74) is -1.31. The molecule has 20 heavy (non-hydrogen) atoms. The highest BCUT2D eigenvalue weighted by molar-refractivity contribution is 5.52. The third-order valence-electron chi connectivity index (χ3n) is 3.48. The maximum absolute atomic E-state index is 13.9. The van der Waals surface area contributed by atoms with Gasteiger partial charge in [-0.15, -0.1) is 0 Å². The Morgan fingerprint density at radius 2 is 1.90 bits per heavy atom. The number of rotatable bonds is 3. The molecule has 1 fully saturated rings. The molecule has 1 aliphatic rings. The van der Waals surface area contributed by atoms with Crippen molar-refractivity contribution in [1.29, 1.82) is 5.26 Å². The first kappa shape index (κ1) is 14.7. The standard InChI is InChI=1S/C14H16F2N2O2/c1-18(9-14(19)2-4-20-5-3-14)13-11(15)6-10(8-17)7-12(13)16/h6-7,19H,2-5,9H2,1H3. The number of nitrogens with zero attached hydrogens (tertiary/aromatic N) is 2. The van der Waals surface area contributed by atoms with Crippen LogP contribution < -0.4 is 4.90 Å². The average Bonchev–Trinajstić information content (AvgIpc) is 2.37. The Balaban J connectivity index is 2.21. The second-order valence-electron chi connectivity index (χ2n) is 5.09. The molecule has 0 amide bonds. The summed E-state index contributed by atoms with van der Waals surface area (Å²) in [6.07, 6.45) is 0.855. The van der Waals surface area contributed by atoms with Crippen LogP contribution in [0.3, 0.4) is 0 Å². The van der Waals surface area contributed by atoms with E-state index in [2.05, 4.69) is 0 Å². The Labute approximate surface area is 116 Å². The number of anilines is 1. The molecule has 108 valence electrons. The molecule has 1 aliphatic heterocycles. The van der Waals surface area contributed by atoms with Gasteiger partial charge in [0.25, 0.3) is 0 Å². The van der Waals surface area contributed by atoms with E-state index in [1.165, 1.54) is 11.9 Å². The van der Waals surface area contributed by atoms with E-state index in [0.29, 0.717) is 26.1 Å². The van der Waals surface area contributed by atoms with Gasteiger partial charge >= 0.3 is 0 Å². The largest absolute Gasteiger partial charge is 0.388 e. The van der Waals surface area contributed by atoms with E-state index < -0.39 is 17.2 Å². The molecule has 0 spiro atoms. The zero-order chi connectivity index (χ0) is 14.8. The van der Waals surface area contributed by atoms with E-state index in [9.17, 15) is 13.9 Å². The van der Waals surface area contributed by atoms with Crippen molar-refractivity contribution in [2.45, 2.75) is 18.4 Å². The fourth-order valence-corrected chi connectivity index (χ4v) is 2.42. The topological polar surface area (TPSA) is 56.5 Å². The van der Waals surface area contributed by atoms with Crippen LogP contribution >= 0.6 is 0 Å². The first-order valence-electron chi connectivity index (χ1n) is 6.35. The first-order valence-corrected chi connectivity index (χ1v) is 6.35. The summed E-state index contributed by atoms with van der Waals surface area (Å²) in [7, 11) is 1.51.